The summed E-state index contributed by atoms with van der Waals surface area (Å²) in [5, 5.41) is 11.4. The number of aromatic nitrogens is 1. The van der Waals surface area contributed by atoms with Gasteiger partial charge in [0.05, 0.1) is 0 Å². The van der Waals surface area contributed by atoms with Gasteiger partial charge in [-0.3, -0.25) is 9.59 Å². The molecule has 1 aromatic rings. The number of hydrogen-bond acceptors (Lipinski definition) is 3. The minimum atomic E-state index is -1.08. The highest BCUT2D eigenvalue weighted by atomic mass is 16.4. The standard InChI is InChI=1S/C13H18N2O4/c1-8(2)11(13(18)19)14-10(16)7-15-6-4-5-9(3)12(15)17/h4-6,8,11H,7H2,1-3H3,(H,14,16)(H,18,19). The van der Waals surface area contributed by atoms with Gasteiger partial charge in [0.1, 0.15) is 12.6 Å². The van der Waals surface area contributed by atoms with Gasteiger partial charge < -0.3 is 15.0 Å². The lowest BCUT2D eigenvalue weighted by Crippen LogP contribution is -2.46. The zero-order valence-electron chi connectivity index (χ0n) is 11.2. The van der Waals surface area contributed by atoms with Crippen LogP contribution in [0.15, 0.2) is 23.1 Å². The van der Waals surface area contributed by atoms with Crippen molar-refractivity contribution in [2.75, 3.05) is 0 Å². The Bertz CT molecular complexity index is 534. The molecule has 0 spiro atoms. The maximum Gasteiger partial charge on any atom is 0.326 e. The molecule has 1 aromatic heterocycles. The Morgan fingerprint density at radius 1 is 1.42 bits per heavy atom. The second kappa shape index (κ2) is 6.17. The minimum absolute atomic E-state index is 0.184. The third-order valence-electron chi connectivity index (χ3n) is 2.77. The molecule has 0 radical (unpaired) electrons. The molecule has 0 bridgehead atoms. The van der Waals surface area contributed by atoms with Gasteiger partial charge >= 0.3 is 5.97 Å². The molecular weight excluding hydrogens is 248 g/mol. The molecule has 1 atom stereocenters. The average Bonchev–Trinajstić information content (AvgIpc) is 2.31. The smallest absolute Gasteiger partial charge is 0.326 e. The molecule has 0 saturated heterocycles. The van der Waals surface area contributed by atoms with Crippen molar-refractivity contribution in [3.63, 3.8) is 0 Å². The lowest BCUT2D eigenvalue weighted by atomic mass is 10.1. The van der Waals surface area contributed by atoms with Gasteiger partial charge in [0.15, 0.2) is 0 Å². The molecule has 1 rings (SSSR count). The summed E-state index contributed by atoms with van der Waals surface area (Å²) in [6.45, 7) is 4.89. The Hall–Kier alpha value is -2.11. The number of hydrogen-bond donors (Lipinski definition) is 2. The summed E-state index contributed by atoms with van der Waals surface area (Å²) in [6, 6.07) is 2.37. The van der Waals surface area contributed by atoms with E-state index in [0.29, 0.717) is 5.56 Å². The van der Waals surface area contributed by atoms with Crippen molar-refractivity contribution in [1.29, 1.82) is 0 Å². The lowest BCUT2D eigenvalue weighted by molar-refractivity contribution is -0.143. The predicted molar refractivity (Wildman–Crippen MR) is 69.8 cm³/mol. The fourth-order valence-electron chi connectivity index (χ4n) is 1.67. The van der Waals surface area contributed by atoms with E-state index in [2.05, 4.69) is 5.32 Å². The Balaban J connectivity index is 2.78. The molecule has 2 N–H and O–H groups in total. The van der Waals surface area contributed by atoms with Crippen LogP contribution in [0.1, 0.15) is 19.4 Å². The van der Waals surface area contributed by atoms with E-state index in [1.54, 1.807) is 32.9 Å². The first-order valence-electron chi connectivity index (χ1n) is 6.01. The van der Waals surface area contributed by atoms with Crippen LogP contribution in [-0.4, -0.2) is 27.6 Å². The van der Waals surface area contributed by atoms with Crippen LogP contribution in [0.4, 0.5) is 0 Å². The van der Waals surface area contributed by atoms with Crippen molar-refractivity contribution in [2.45, 2.75) is 33.4 Å². The molecule has 0 fully saturated rings. The molecule has 0 aliphatic carbocycles. The topological polar surface area (TPSA) is 88.4 Å². The molecule has 19 heavy (non-hydrogen) atoms. The lowest BCUT2D eigenvalue weighted by Gasteiger charge is -2.18. The van der Waals surface area contributed by atoms with Gasteiger partial charge in [-0.1, -0.05) is 19.9 Å². The molecule has 0 aliphatic rings. The summed E-state index contributed by atoms with van der Waals surface area (Å²) in [6.07, 6.45) is 1.50. The number of carbonyl (C=O) groups excluding carboxylic acids is 1. The van der Waals surface area contributed by atoms with Crippen molar-refractivity contribution in [2.24, 2.45) is 5.92 Å². The Labute approximate surface area is 111 Å². The number of carboxylic acid groups (broad SMARTS) is 1. The summed E-state index contributed by atoms with van der Waals surface area (Å²) in [7, 11) is 0. The average molecular weight is 266 g/mol. The number of amides is 1. The predicted octanol–water partition coefficient (Wildman–Crippen LogP) is 0.382. The third kappa shape index (κ3) is 3.94. The van der Waals surface area contributed by atoms with Crippen LogP contribution in [-0.2, 0) is 16.1 Å². The number of nitrogens with one attached hydrogen (secondary N) is 1. The highest BCUT2D eigenvalue weighted by Crippen LogP contribution is 2.01. The SMILES string of the molecule is Cc1cccn(CC(=O)NC(C(=O)O)C(C)C)c1=O. The van der Waals surface area contributed by atoms with Crippen LogP contribution < -0.4 is 10.9 Å². The van der Waals surface area contributed by atoms with E-state index in [-0.39, 0.29) is 18.0 Å². The zero-order chi connectivity index (χ0) is 14.6. The van der Waals surface area contributed by atoms with E-state index in [1.165, 1.54) is 10.8 Å². The molecule has 1 unspecified atom stereocenters. The molecule has 0 aliphatic heterocycles. The van der Waals surface area contributed by atoms with E-state index >= 15 is 0 Å². The maximum absolute atomic E-state index is 11.8. The molecule has 0 aromatic carbocycles. The number of carbonyl (C=O) groups is 2. The summed E-state index contributed by atoms with van der Waals surface area (Å²) >= 11 is 0. The molecule has 6 heteroatoms. The summed E-state index contributed by atoms with van der Waals surface area (Å²) in [5.74, 6) is -1.80. The van der Waals surface area contributed by atoms with E-state index in [0.717, 1.165) is 0 Å². The fourth-order valence-corrected chi connectivity index (χ4v) is 1.67. The van der Waals surface area contributed by atoms with Crippen LogP contribution in [0.2, 0.25) is 0 Å². The fraction of sp³-hybridized carbons (Fsp3) is 0.462. The Kier molecular flexibility index (Phi) is 4.86. The van der Waals surface area contributed by atoms with Crippen LogP contribution in [0, 0.1) is 12.8 Å². The van der Waals surface area contributed by atoms with E-state index < -0.39 is 17.9 Å². The number of aliphatic carboxylic acids is 1. The second-order valence-corrected chi connectivity index (χ2v) is 4.75. The van der Waals surface area contributed by atoms with E-state index in [9.17, 15) is 14.4 Å². The first kappa shape index (κ1) is 14.9. The highest BCUT2D eigenvalue weighted by molar-refractivity contribution is 5.83. The molecule has 6 nitrogen and oxygen atoms in total. The largest absolute Gasteiger partial charge is 0.480 e. The summed E-state index contributed by atoms with van der Waals surface area (Å²) < 4.78 is 1.25. The first-order chi connectivity index (χ1) is 8.82. The van der Waals surface area contributed by atoms with Crippen LogP contribution in [0.25, 0.3) is 0 Å². The van der Waals surface area contributed by atoms with Crippen LogP contribution in [0.3, 0.4) is 0 Å². The molecule has 104 valence electrons. The third-order valence-corrected chi connectivity index (χ3v) is 2.77. The first-order valence-corrected chi connectivity index (χ1v) is 6.01. The monoisotopic (exact) mass is 266 g/mol. The molecular formula is C13H18N2O4. The van der Waals surface area contributed by atoms with Gasteiger partial charge in [-0.25, -0.2) is 4.79 Å². The van der Waals surface area contributed by atoms with E-state index in [1.807, 2.05) is 0 Å². The Morgan fingerprint density at radius 2 is 2.05 bits per heavy atom. The van der Waals surface area contributed by atoms with Crippen LogP contribution >= 0.6 is 0 Å². The van der Waals surface area contributed by atoms with E-state index in [4.69, 9.17) is 5.11 Å². The number of carboxylic acids is 1. The zero-order valence-corrected chi connectivity index (χ0v) is 11.2. The van der Waals surface area contributed by atoms with Gasteiger partial charge in [-0.15, -0.1) is 0 Å². The minimum Gasteiger partial charge on any atom is -0.480 e. The summed E-state index contributed by atoms with van der Waals surface area (Å²) in [4.78, 5) is 34.5. The van der Waals surface area contributed by atoms with Crippen molar-refractivity contribution in [3.8, 4) is 0 Å². The number of aryl methyl sites for hydroxylation is 1. The van der Waals surface area contributed by atoms with Gasteiger partial charge in [-0.05, 0) is 18.9 Å². The quantitative estimate of drug-likeness (QED) is 0.806. The number of nitrogens with zero attached hydrogens (tertiary/aromatic N) is 1. The normalized spacial score (nSPS) is 12.2. The van der Waals surface area contributed by atoms with Crippen molar-refractivity contribution < 1.29 is 14.7 Å². The van der Waals surface area contributed by atoms with Crippen molar-refractivity contribution in [3.05, 3.63) is 34.2 Å². The summed E-state index contributed by atoms with van der Waals surface area (Å²) in [5.41, 5.74) is 0.281. The molecule has 0 saturated carbocycles. The van der Waals surface area contributed by atoms with Gasteiger partial charge in [0.2, 0.25) is 5.91 Å². The maximum atomic E-state index is 11.8. The van der Waals surface area contributed by atoms with Gasteiger partial charge in [0, 0.05) is 11.8 Å². The Morgan fingerprint density at radius 3 is 2.58 bits per heavy atom. The van der Waals surface area contributed by atoms with Gasteiger partial charge in [0.25, 0.3) is 5.56 Å². The van der Waals surface area contributed by atoms with Gasteiger partial charge in [-0.2, -0.15) is 0 Å². The molecule has 1 amide bonds. The van der Waals surface area contributed by atoms with Crippen molar-refractivity contribution in [1.82, 2.24) is 9.88 Å². The molecule has 1 heterocycles. The van der Waals surface area contributed by atoms with Crippen molar-refractivity contribution >= 4 is 11.9 Å². The second-order valence-electron chi connectivity index (χ2n) is 4.75. The highest BCUT2D eigenvalue weighted by Gasteiger charge is 2.23. The number of rotatable bonds is 5. The number of pyridine rings is 1. The van der Waals surface area contributed by atoms with Crippen LogP contribution in [0.5, 0.6) is 0 Å².